The zero-order valence-corrected chi connectivity index (χ0v) is 23.9. The Balaban J connectivity index is 1.60. The summed E-state index contributed by atoms with van der Waals surface area (Å²) in [7, 11) is 1.63. The van der Waals surface area contributed by atoms with Gasteiger partial charge in [-0.05, 0) is 30.7 Å². The highest BCUT2D eigenvalue weighted by molar-refractivity contribution is 6.33. The topological polar surface area (TPSA) is 160 Å². The molecule has 0 saturated heterocycles. The van der Waals surface area contributed by atoms with Crippen LogP contribution in [0.1, 0.15) is 71.6 Å². The minimum Gasteiger partial charge on any atom is -0.446 e. The molecule has 12 nitrogen and oxygen atoms in total. The Bertz CT molecular complexity index is 1390. The Morgan fingerprint density at radius 2 is 1.90 bits per heavy atom. The number of benzene rings is 1. The van der Waals surface area contributed by atoms with Crippen molar-refractivity contribution in [2.45, 2.75) is 57.7 Å². The van der Waals surface area contributed by atoms with Crippen LogP contribution in [0.25, 0.3) is 0 Å². The van der Waals surface area contributed by atoms with Gasteiger partial charge in [0, 0.05) is 26.2 Å². The number of amides is 4. The molecule has 0 unspecified atom stereocenters. The molecule has 2 aromatic heterocycles. The van der Waals surface area contributed by atoms with E-state index in [9.17, 15) is 19.2 Å². The van der Waals surface area contributed by atoms with Crippen molar-refractivity contribution in [3.8, 4) is 0 Å². The minimum atomic E-state index is -0.968. The Labute approximate surface area is 242 Å². The van der Waals surface area contributed by atoms with Crippen molar-refractivity contribution < 1.29 is 23.6 Å². The van der Waals surface area contributed by atoms with Crippen LogP contribution in [0, 0.1) is 5.92 Å². The molecule has 218 valence electrons. The summed E-state index contributed by atoms with van der Waals surface area (Å²) in [6.07, 6.45) is 4.38. The van der Waals surface area contributed by atoms with E-state index in [2.05, 4.69) is 31.3 Å². The molecule has 3 atom stereocenters. The number of aryl methyl sites for hydroxylation is 1. The van der Waals surface area contributed by atoms with Crippen LogP contribution in [0.3, 0.4) is 0 Å². The standard InChI is InChI=1S/C28H34ClN7O5/c1-16(2)22-26(39)32-20(13-17-9-5-4-6-10-17)28-33-21(15-41-28)24(37)30-12-8-7-11-19(25(38)34-22)31-27(40)23-18(29)14-36(3)35-23/h4-6,9-10,14-16,19-20,22H,7-8,11-13H2,1-3H3,(H,30,37)(H,31,40)(H,32,39)(H,34,38)/t19-,20+,22-/m0/s1. The lowest BCUT2D eigenvalue weighted by Gasteiger charge is -2.27. The predicted molar refractivity (Wildman–Crippen MR) is 150 cm³/mol. The van der Waals surface area contributed by atoms with Crippen molar-refractivity contribution in [2.24, 2.45) is 13.0 Å². The van der Waals surface area contributed by atoms with Crippen molar-refractivity contribution in [1.82, 2.24) is 36.0 Å². The number of nitrogens with one attached hydrogen (secondary N) is 4. The quantitative estimate of drug-likeness (QED) is 0.358. The smallest absolute Gasteiger partial charge is 0.273 e. The van der Waals surface area contributed by atoms with Gasteiger partial charge in [0.05, 0.1) is 5.02 Å². The molecule has 0 fully saturated rings. The third kappa shape index (κ3) is 7.72. The molecule has 1 aliphatic rings. The number of fused-ring (bicyclic) bond motifs is 2. The van der Waals surface area contributed by atoms with Crippen LogP contribution < -0.4 is 21.3 Å². The highest BCUT2D eigenvalue weighted by atomic mass is 35.5. The lowest BCUT2D eigenvalue weighted by molar-refractivity contribution is -0.131. The summed E-state index contributed by atoms with van der Waals surface area (Å²) in [6.45, 7) is 3.95. The summed E-state index contributed by atoms with van der Waals surface area (Å²) in [5, 5.41) is 15.5. The first-order valence-electron chi connectivity index (χ1n) is 13.5. The second kappa shape index (κ2) is 13.4. The van der Waals surface area contributed by atoms with E-state index in [-0.39, 0.29) is 34.6 Å². The van der Waals surface area contributed by atoms with E-state index in [1.807, 2.05) is 44.2 Å². The van der Waals surface area contributed by atoms with Gasteiger partial charge in [-0.2, -0.15) is 5.10 Å². The summed E-state index contributed by atoms with van der Waals surface area (Å²) in [5.41, 5.74) is 1.01. The van der Waals surface area contributed by atoms with E-state index in [0.29, 0.717) is 25.8 Å². The van der Waals surface area contributed by atoms with Gasteiger partial charge >= 0.3 is 0 Å². The molecule has 3 aromatic rings. The highest BCUT2D eigenvalue weighted by Crippen LogP contribution is 2.20. The first kappa shape index (κ1) is 29.8. The molecule has 4 N–H and O–H groups in total. The summed E-state index contributed by atoms with van der Waals surface area (Å²) in [5.74, 6) is -2.11. The van der Waals surface area contributed by atoms with E-state index in [0.717, 1.165) is 5.56 Å². The van der Waals surface area contributed by atoms with Crippen LogP contribution >= 0.6 is 11.6 Å². The number of oxazole rings is 1. The monoisotopic (exact) mass is 583 g/mol. The molecular formula is C28H34ClN7O5. The van der Waals surface area contributed by atoms with Gasteiger partial charge in [0.2, 0.25) is 17.7 Å². The van der Waals surface area contributed by atoms with Crippen LogP contribution in [0.15, 0.2) is 47.2 Å². The summed E-state index contributed by atoms with van der Waals surface area (Å²) >= 11 is 6.14. The first-order valence-corrected chi connectivity index (χ1v) is 13.9. The SMILES string of the molecule is CC(C)[C@@H]1NC(=O)[C@@H](NC(=O)c2nn(C)cc2Cl)CCCCNC(=O)c2coc(n2)[C@@H](Cc2ccccc2)NC1=O. The van der Waals surface area contributed by atoms with E-state index >= 15 is 0 Å². The number of nitrogens with zero attached hydrogens (tertiary/aromatic N) is 3. The highest BCUT2D eigenvalue weighted by Gasteiger charge is 2.32. The van der Waals surface area contributed by atoms with E-state index in [4.69, 9.17) is 16.0 Å². The fourth-order valence-corrected chi connectivity index (χ4v) is 4.79. The van der Waals surface area contributed by atoms with Gasteiger partial charge in [-0.3, -0.25) is 23.9 Å². The predicted octanol–water partition coefficient (Wildman–Crippen LogP) is 2.31. The van der Waals surface area contributed by atoms with Gasteiger partial charge in [-0.15, -0.1) is 0 Å². The molecular weight excluding hydrogens is 550 g/mol. The zero-order chi connectivity index (χ0) is 29.5. The fourth-order valence-electron chi connectivity index (χ4n) is 4.53. The molecule has 0 radical (unpaired) electrons. The lowest BCUT2D eigenvalue weighted by Crippen LogP contribution is -2.56. The largest absolute Gasteiger partial charge is 0.446 e. The number of carbonyl (C=O) groups excluding carboxylic acids is 4. The average molecular weight is 584 g/mol. The molecule has 2 bridgehead atoms. The third-order valence-electron chi connectivity index (χ3n) is 6.72. The molecule has 0 saturated carbocycles. The molecule has 4 rings (SSSR count). The van der Waals surface area contributed by atoms with Gasteiger partial charge in [-0.25, -0.2) is 4.98 Å². The van der Waals surface area contributed by atoms with Crippen LogP contribution in [-0.2, 0) is 23.1 Å². The molecule has 1 aliphatic heterocycles. The number of halogens is 1. The third-order valence-corrected chi connectivity index (χ3v) is 7.00. The van der Waals surface area contributed by atoms with Crippen molar-refractivity contribution in [1.29, 1.82) is 0 Å². The van der Waals surface area contributed by atoms with Gasteiger partial charge in [0.1, 0.15) is 24.4 Å². The Hall–Kier alpha value is -4.19. The average Bonchev–Trinajstić information content (AvgIpc) is 3.56. The van der Waals surface area contributed by atoms with Gasteiger partial charge in [0.15, 0.2) is 11.4 Å². The number of hydrogen-bond donors (Lipinski definition) is 4. The van der Waals surface area contributed by atoms with E-state index in [1.54, 1.807) is 7.05 Å². The van der Waals surface area contributed by atoms with Crippen LogP contribution in [0.2, 0.25) is 5.02 Å². The number of aromatic nitrogens is 3. The molecule has 4 amide bonds. The molecule has 3 heterocycles. The molecule has 0 aliphatic carbocycles. The van der Waals surface area contributed by atoms with Crippen molar-refractivity contribution >= 4 is 35.2 Å². The first-order chi connectivity index (χ1) is 19.6. The molecule has 13 heteroatoms. The molecule has 1 aromatic carbocycles. The maximum Gasteiger partial charge on any atom is 0.273 e. The molecule has 41 heavy (non-hydrogen) atoms. The maximum absolute atomic E-state index is 13.6. The second-order valence-corrected chi connectivity index (χ2v) is 10.7. The van der Waals surface area contributed by atoms with Crippen LogP contribution in [0.5, 0.6) is 0 Å². The van der Waals surface area contributed by atoms with Crippen LogP contribution in [0.4, 0.5) is 0 Å². The summed E-state index contributed by atoms with van der Waals surface area (Å²) in [4.78, 5) is 57.1. The second-order valence-electron chi connectivity index (χ2n) is 10.3. The van der Waals surface area contributed by atoms with Crippen molar-refractivity contribution in [2.75, 3.05) is 6.54 Å². The van der Waals surface area contributed by atoms with Gasteiger partial charge in [0.25, 0.3) is 11.8 Å². The normalized spacial score (nSPS) is 20.7. The van der Waals surface area contributed by atoms with Crippen LogP contribution in [-0.4, -0.2) is 57.0 Å². The van der Waals surface area contributed by atoms with Gasteiger partial charge in [-0.1, -0.05) is 55.8 Å². The Morgan fingerprint density at radius 1 is 1.15 bits per heavy atom. The minimum absolute atomic E-state index is 0.00666. The zero-order valence-electron chi connectivity index (χ0n) is 23.1. The summed E-state index contributed by atoms with van der Waals surface area (Å²) < 4.78 is 7.04. The fraction of sp³-hybridized carbons (Fsp3) is 0.429. The number of rotatable bonds is 5. The van der Waals surface area contributed by atoms with Crippen molar-refractivity contribution in [3.05, 3.63) is 70.7 Å². The Morgan fingerprint density at radius 3 is 2.59 bits per heavy atom. The Kier molecular flexibility index (Phi) is 9.77. The van der Waals surface area contributed by atoms with E-state index in [1.165, 1.54) is 17.1 Å². The number of hydrogen-bond acceptors (Lipinski definition) is 7. The maximum atomic E-state index is 13.6. The number of carbonyl (C=O) groups is 4. The van der Waals surface area contributed by atoms with Crippen molar-refractivity contribution in [3.63, 3.8) is 0 Å². The molecule has 0 spiro atoms. The summed E-state index contributed by atoms with van der Waals surface area (Å²) in [6, 6.07) is 6.86. The lowest BCUT2D eigenvalue weighted by atomic mass is 10.00. The van der Waals surface area contributed by atoms with Gasteiger partial charge < -0.3 is 25.7 Å². The van der Waals surface area contributed by atoms with E-state index < -0.39 is 41.8 Å².